The summed E-state index contributed by atoms with van der Waals surface area (Å²) in [6.45, 7) is 0. The number of halogens is 5. The molecule has 10 heteroatoms. The minimum atomic E-state index is -4.65. The molecule has 1 rings (SSSR count). The number of aromatic amines is 1. The van der Waals surface area contributed by atoms with E-state index in [1.54, 1.807) is 0 Å². The lowest BCUT2D eigenvalue weighted by atomic mass is 10.3. The molecule has 0 saturated heterocycles. The number of rotatable bonds is 3. The van der Waals surface area contributed by atoms with Crippen molar-refractivity contribution in [2.75, 3.05) is 0 Å². The Kier molecular flexibility index (Phi) is 2.72. The maximum atomic E-state index is 12.8. The van der Waals surface area contributed by atoms with Gasteiger partial charge in [-0.3, -0.25) is 0 Å². The van der Waals surface area contributed by atoms with Crippen molar-refractivity contribution in [2.45, 2.75) is 10.8 Å². The highest BCUT2D eigenvalue weighted by Gasteiger charge is 2.60. The van der Waals surface area contributed by atoms with E-state index in [-0.39, 0.29) is 0 Å². The van der Waals surface area contributed by atoms with Gasteiger partial charge in [0, 0.05) is 0 Å². The molecule has 0 aliphatic rings. The zero-order chi connectivity index (χ0) is 11.9. The van der Waals surface area contributed by atoms with Crippen molar-refractivity contribution in [2.24, 2.45) is 0 Å². The summed E-state index contributed by atoms with van der Waals surface area (Å²) >= 11 is 1.47. The number of hydrogen-bond acceptors (Lipinski definition) is 3. The molecule has 0 atom stereocenters. The minimum absolute atomic E-state index is 0.433. The molecular formula is C5H2BrF4N3O2. The number of H-pyrrole nitrogens is 1. The molecule has 0 aliphatic carbocycles. The Morgan fingerprint density at radius 1 is 1.47 bits per heavy atom. The number of aromatic nitrogens is 2. The van der Waals surface area contributed by atoms with Gasteiger partial charge in [-0.05, 0) is 20.9 Å². The Bertz CT molecular complexity index is 388. The van der Waals surface area contributed by atoms with E-state index in [0.717, 1.165) is 0 Å². The average molecular weight is 292 g/mol. The molecule has 0 unspecified atom stereocenters. The third-order valence-electron chi connectivity index (χ3n) is 1.41. The van der Waals surface area contributed by atoms with E-state index in [1.165, 1.54) is 20.9 Å². The van der Waals surface area contributed by atoms with Crippen LogP contribution in [0, 0.1) is 10.1 Å². The lowest BCUT2D eigenvalue weighted by Gasteiger charge is -2.16. The first-order valence-electron chi connectivity index (χ1n) is 3.30. The van der Waals surface area contributed by atoms with Crippen molar-refractivity contribution in [3.05, 3.63) is 22.1 Å². The fourth-order valence-electron chi connectivity index (χ4n) is 0.698. The van der Waals surface area contributed by atoms with Gasteiger partial charge in [0.05, 0.1) is 0 Å². The van der Waals surface area contributed by atoms with Gasteiger partial charge in [-0.1, -0.05) is 0 Å². The van der Waals surface area contributed by atoms with Crippen LogP contribution in [0.2, 0.25) is 0 Å². The molecule has 0 saturated carbocycles. The van der Waals surface area contributed by atoms with Gasteiger partial charge in [-0.15, -0.1) is 0 Å². The molecule has 0 aromatic carbocycles. The van der Waals surface area contributed by atoms with Gasteiger partial charge in [0.1, 0.15) is 6.20 Å². The van der Waals surface area contributed by atoms with Gasteiger partial charge in [0.15, 0.2) is 0 Å². The molecule has 1 aromatic heterocycles. The Hall–Kier alpha value is -1.19. The van der Waals surface area contributed by atoms with Crippen molar-refractivity contribution in [1.29, 1.82) is 0 Å². The second-order valence-electron chi connectivity index (χ2n) is 2.45. The van der Waals surface area contributed by atoms with Gasteiger partial charge < -0.3 is 10.1 Å². The zero-order valence-electron chi connectivity index (χ0n) is 6.68. The Morgan fingerprint density at radius 2 is 2.00 bits per heavy atom. The molecule has 5 nitrogen and oxygen atoms in total. The maximum absolute atomic E-state index is 12.8. The molecular weight excluding hydrogens is 290 g/mol. The summed E-state index contributed by atoms with van der Waals surface area (Å²) in [7, 11) is 0. The van der Waals surface area contributed by atoms with Crippen LogP contribution in [0.25, 0.3) is 0 Å². The monoisotopic (exact) mass is 291 g/mol. The summed E-state index contributed by atoms with van der Waals surface area (Å²) in [4.78, 5) is 8.80. The molecule has 1 aromatic rings. The number of imidazole rings is 1. The van der Waals surface area contributed by atoms with Crippen LogP contribution in [0.5, 0.6) is 0 Å². The van der Waals surface area contributed by atoms with E-state index in [4.69, 9.17) is 0 Å². The van der Waals surface area contributed by atoms with E-state index in [1.807, 2.05) is 0 Å². The SMILES string of the molecule is O=[N+]([O-])c1cnc(C(F)(F)C(F)(F)Br)[nH]1. The maximum Gasteiger partial charge on any atom is 0.397 e. The highest BCUT2D eigenvalue weighted by molar-refractivity contribution is 9.10. The van der Waals surface area contributed by atoms with Crippen LogP contribution in [0.1, 0.15) is 5.82 Å². The normalized spacial score (nSPS) is 12.9. The lowest BCUT2D eigenvalue weighted by Crippen LogP contribution is -2.33. The second-order valence-corrected chi connectivity index (χ2v) is 3.44. The van der Waals surface area contributed by atoms with E-state index in [2.05, 4.69) is 4.98 Å². The molecule has 0 spiro atoms. The molecule has 84 valence electrons. The molecule has 0 aliphatic heterocycles. The Morgan fingerprint density at radius 3 is 2.33 bits per heavy atom. The fourth-order valence-corrected chi connectivity index (χ4v) is 0.886. The van der Waals surface area contributed by atoms with Gasteiger partial charge in [0.25, 0.3) is 5.82 Å². The van der Waals surface area contributed by atoms with E-state index < -0.39 is 27.3 Å². The number of nitrogens with zero attached hydrogens (tertiary/aromatic N) is 2. The Balaban J connectivity index is 3.11. The topological polar surface area (TPSA) is 71.8 Å². The predicted molar refractivity (Wildman–Crippen MR) is 43.0 cm³/mol. The van der Waals surface area contributed by atoms with E-state index >= 15 is 0 Å². The van der Waals surface area contributed by atoms with Crippen molar-refractivity contribution in [3.8, 4) is 0 Å². The molecule has 0 radical (unpaired) electrons. The second kappa shape index (κ2) is 3.43. The highest BCUT2D eigenvalue weighted by atomic mass is 79.9. The summed E-state index contributed by atoms with van der Waals surface area (Å²) in [5.41, 5.74) is 0. The fraction of sp³-hybridized carbons (Fsp3) is 0.400. The van der Waals surface area contributed by atoms with Gasteiger partial charge in [-0.25, -0.2) is 9.97 Å². The minimum Gasteiger partial charge on any atom is -0.358 e. The summed E-state index contributed by atoms with van der Waals surface area (Å²) < 4.78 is 50.3. The first kappa shape index (κ1) is 11.9. The standard InChI is InChI=1S/C5H2BrF4N3O2/c6-5(9,10)4(7,8)3-11-1-2(12-3)13(14)15/h1H,(H,11,12). The molecule has 15 heavy (non-hydrogen) atoms. The van der Waals surface area contributed by atoms with Crippen molar-refractivity contribution in [3.63, 3.8) is 0 Å². The first-order valence-corrected chi connectivity index (χ1v) is 4.10. The van der Waals surface area contributed by atoms with Crippen molar-refractivity contribution < 1.29 is 22.5 Å². The molecule has 0 amide bonds. The summed E-state index contributed by atoms with van der Waals surface area (Å²) in [5, 5.41) is 10.1. The van der Waals surface area contributed by atoms with Crippen LogP contribution in [0.4, 0.5) is 23.4 Å². The summed E-state index contributed by atoms with van der Waals surface area (Å²) in [6.07, 6.45) is 0.433. The largest absolute Gasteiger partial charge is 0.397 e. The molecule has 1 N–H and O–H groups in total. The van der Waals surface area contributed by atoms with Gasteiger partial charge in [-0.2, -0.15) is 17.6 Å². The predicted octanol–water partition coefficient (Wildman–Crippen LogP) is 2.40. The van der Waals surface area contributed by atoms with E-state index in [9.17, 15) is 27.7 Å². The third-order valence-corrected chi connectivity index (χ3v) is 1.91. The summed E-state index contributed by atoms with van der Waals surface area (Å²) in [5.74, 6) is -7.01. The number of hydrogen-bond donors (Lipinski definition) is 1. The molecule has 1 heterocycles. The van der Waals surface area contributed by atoms with Gasteiger partial charge in [0.2, 0.25) is 0 Å². The van der Waals surface area contributed by atoms with Crippen molar-refractivity contribution >= 4 is 21.7 Å². The van der Waals surface area contributed by atoms with Crippen LogP contribution in [-0.2, 0) is 5.92 Å². The van der Waals surface area contributed by atoms with Gasteiger partial charge >= 0.3 is 16.6 Å². The quantitative estimate of drug-likeness (QED) is 0.402. The zero-order valence-corrected chi connectivity index (χ0v) is 8.26. The highest BCUT2D eigenvalue weighted by Crippen LogP contribution is 2.45. The molecule has 0 fully saturated rings. The summed E-state index contributed by atoms with van der Waals surface area (Å²) in [6, 6.07) is 0. The van der Waals surface area contributed by atoms with Crippen LogP contribution in [0.3, 0.4) is 0 Å². The first-order chi connectivity index (χ1) is 6.66. The Labute approximate surface area is 87.8 Å². The lowest BCUT2D eigenvalue weighted by molar-refractivity contribution is -0.389. The third kappa shape index (κ3) is 2.08. The average Bonchev–Trinajstić information content (AvgIpc) is 2.49. The van der Waals surface area contributed by atoms with Crippen LogP contribution < -0.4 is 0 Å². The van der Waals surface area contributed by atoms with Crippen LogP contribution >= 0.6 is 15.9 Å². The number of nitrogens with one attached hydrogen (secondary N) is 1. The smallest absolute Gasteiger partial charge is 0.358 e. The van der Waals surface area contributed by atoms with Crippen LogP contribution in [0.15, 0.2) is 6.20 Å². The number of nitro groups is 1. The van der Waals surface area contributed by atoms with E-state index in [0.29, 0.717) is 6.20 Å². The molecule has 0 bridgehead atoms. The number of alkyl halides is 5. The van der Waals surface area contributed by atoms with Crippen LogP contribution in [-0.4, -0.2) is 19.7 Å². The van der Waals surface area contributed by atoms with Crippen molar-refractivity contribution in [1.82, 2.24) is 9.97 Å².